The number of carboxylic acids is 1. The molecule has 0 amide bonds. The van der Waals surface area contributed by atoms with Crippen LogP contribution in [0.5, 0.6) is 0 Å². The van der Waals surface area contributed by atoms with Crippen molar-refractivity contribution >= 4 is 68.3 Å². The number of nitro groups is 1. The molecule has 4 aromatic carbocycles. The van der Waals surface area contributed by atoms with Gasteiger partial charge in [-0.05, 0) is 65.7 Å². The number of halogens is 2. The van der Waals surface area contributed by atoms with Crippen molar-refractivity contribution in [2.75, 3.05) is 12.8 Å². The molecule has 0 radical (unpaired) electrons. The monoisotopic (exact) mass is 616 g/mol. The van der Waals surface area contributed by atoms with E-state index in [4.69, 9.17) is 38.8 Å². The van der Waals surface area contributed by atoms with Crippen LogP contribution in [0.4, 0.5) is 11.4 Å². The molecule has 6 rings (SSSR count). The van der Waals surface area contributed by atoms with Gasteiger partial charge in [0.05, 0.1) is 34.4 Å². The lowest BCUT2D eigenvalue weighted by atomic mass is 10.1. The number of nitrogen functional groups attached to an aromatic ring is 1. The van der Waals surface area contributed by atoms with Gasteiger partial charge in [-0.15, -0.1) is 0 Å². The number of carbonyl (C=O) groups is 2. The fourth-order valence-corrected chi connectivity index (χ4v) is 5.09. The molecule has 5 N–H and O–H groups in total. The molecular weight excluding hydrogens is 595 g/mol. The standard InChI is InChI=1S/C16H13ClN2O2.C15H9ClN2O4/c1-21-16(20)10-4-2-3-9(5-10)14-7-11-6-12(17)8-13(18)15(11)19-14;16-11-5-10-6-12(17-14(10)13(7-11)18(21)22)8-2-1-3-9(4-8)15(19)20/h2-8,19H,18H2,1H3;1-7,17H,(H,19,20). The van der Waals surface area contributed by atoms with Crippen LogP contribution in [0, 0.1) is 10.1 Å². The van der Waals surface area contributed by atoms with Crippen molar-refractivity contribution in [1.82, 2.24) is 9.97 Å². The quantitative estimate of drug-likeness (QED) is 0.0660. The number of aromatic nitrogens is 2. The lowest BCUT2D eigenvalue weighted by molar-refractivity contribution is -0.383. The minimum atomic E-state index is -1.04. The molecule has 43 heavy (non-hydrogen) atoms. The number of fused-ring (bicyclic) bond motifs is 2. The van der Waals surface area contributed by atoms with Crippen LogP contribution in [0.25, 0.3) is 44.3 Å². The summed E-state index contributed by atoms with van der Waals surface area (Å²) in [5.41, 5.74) is 11.2. The van der Waals surface area contributed by atoms with E-state index in [1.807, 2.05) is 24.3 Å². The molecule has 6 aromatic rings. The number of methoxy groups -OCH3 is 1. The predicted octanol–water partition coefficient (Wildman–Crippen LogP) is 7.95. The number of rotatable bonds is 5. The first-order valence-electron chi connectivity index (χ1n) is 12.6. The summed E-state index contributed by atoms with van der Waals surface area (Å²) in [6.45, 7) is 0. The molecule has 0 aliphatic carbocycles. The van der Waals surface area contributed by atoms with E-state index in [1.54, 1.807) is 42.5 Å². The highest BCUT2D eigenvalue weighted by atomic mass is 35.5. The molecule has 10 nitrogen and oxygen atoms in total. The van der Waals surface area contributed by atoms with Gasteiger partial charge in [0, 0.05) is 38.3 Å². The number of anilines is 1. The average Bonchev–Trinajstić information content (AvgIpc) is 3.61. The van der Waals surface area contributed by atoms with E-state index in [0.717, 1.165) is 22.2 Å². The highest BCUT2D eigenvalue weighted by Crippen LogP contribution is 2.33. The number of carbonyl (C=O) groups excluding carboxylic acids is 1. The third-order valence-electron chi connectivity index (χ3n) is 6.61. The molecule has 0 aliphatic heterocycles. The number of aromatic amines is 2. The normalized spacial score (nSPS) is 10.8. The second kappa shape index (κ2) is 11.9. The third-order valence-corrected chi connectivity index (χ3v) is 7.04. The number of hydrogen-bond donors (Lipinski definition) is 4. The molecule has 0 atom stereocenters. The van der Waals surface area contributed by atoms with E-state index < -0.39 is 10.9 Å². The molecule has 0 saturated heterocycles. The van der Waals surface area contributed by atoms with Gasteiger partial charge in [0.15, 0.2) is 0 Å². The molecule has 2 heterocycles. The Balaban J connectivity index is 0.000000171. The van der Waals surface area contributed by atoms with Crippen LogP contribution in [0.15, 0.2) is 84.9 Å². The largest absolute Gasteiger partial charge is 0.478 e. The van der Waals surface area contributed by atoms with E-state index in [-0.39, 0.29) is 22.2 Å². The molecule has 0 fully saturated rings. The number of H-pyrrole nitrogens is 2. The molecule has 0 spiro atoms. The van der Waals surface area contributed by atoms with Gasteiger partial charge in [0.25, 0.3) is 5.69 Å². The molecule has 12 heteroatoms. The van der Waals surface area contributed by atoms with Crippen LogP contribution in [-0.2, 0) is 4.74 Å². The fourth-order valence-electron chi connectivity index (χ4n) is 4.63. The maximum Gasteiger partial charge on any atom is 0.337 e. The van der Waals surface area contributed by atoms with Crippen LogP contribution in [0.2, 0.25) is 10.0 Å². The van der Waals surface area contributed by atoms with E-state index in [0.29, 0.717) is 38.4 Å². The van der Waals surface area contributed by atoms with Gasteiger partial charge in [-0.25, -0.2) is 9.59 Å². The molecule has 0 bridgehead atoms. The second-order valence-corrected chi connectivity index (χ2v) is 10.3. The first-order chi connectivity index (χ1) is 20.5. The Morgan fingerprint density at radius 3 is 1.93 bits per heavy atom. The number of benzene rings is 4. The Kier molecular flexibility index (Phi) is 8.07. The van der Waals surface area contributed by atoms with Gasteiger partial charge in [-0.3, -0.25) is 10.1 Å². The summed E-state index contributed by atoms with van der Waals surface area (Å²) in [7, 11) is 1.36. The van der Waals surface area contributed by atoms with Crippen LogP contribution in [-0.4, -0.2) is 39.0 Å². The van der Waals surface area contributed by atoms with Gasteiger partial charge < -0.3 is 25.5 Å². The first kappa shape index (κ1) is 29.2. The van der Waals surface area contributed by atoms with Crippen molar-refractivity contribution in [2.45, 2.75) is 0 Å². The number of nitrogens with zero attached hydrogens (tertiary/aromatic N) is 1. The SMILES string of the molecule is COC(=O)c1cccc(-c2cc3cc(Cl)cc(N)c3[nH]2)c1.O=C(O)c1cccc(-c2cc3cc(Cl)cc([N+](=O)[O-])c3[nH]2)c1. The Bertz CT molecular complexity index is 2050. The van der Waals surface area contributed by atoms with Crippen LogP contribution in [0.3, 0.4) is 0 Å². The lowest BCUT2D eigenvalue weighted by Crippen LogP contribution is -2.00. The third kappa shape index (κ3) is 6.15. The Morgan fingerprint density at radius 1 is 0.814 bits per heavy atom. The van der Waals surface area contributed by atoms with Crippen molar-refractivity contribution in [3.63, 3.8) is 0 Å². The number of carboxylic acid groups (broad SMARTS) is 1. The summed E-state index contributed by atoms with van der Waals surface area (Å²) in [6.07, 6.45) is 0. The topological polar surface area (TPSA) is 164 Å². The summed E-state index contributed by atoms with van der Waals surface area (Å²) >= 11 is 11.9. The summed E-state index contributed by atoms with van der Waals surface area (Å²) < 4.78 is 4.73. The summed E-state index contributed by atoms with van der Waals surface area (Å²) in [5.74, 6) is -1.40. The molecule has 2 aromatic heterocycles. The zero-order valence-corrected chi connectivity index (χ0v) is 23.9. The van der Waals surface area contributed by atoms with Gasteiger partial charge >= 0.3 is 11.9 Å². The Morgan fingerprint density at radius 2 is 1.35 bits per heavy atom. The number of non-ortho nitro benzene ring substituents is 1. The van der Waals surface area contributed by atoms with Crippen LogP contribution >= 0.6 is 23.2 Å². The summed E-state index contributed by atoms with van der Waals surface area (Å²) in [6, 6.07) is 23.6. The lowest BCUT2D eigenvalue weighted by Gasteiger charge is -2.02. The zero-order valence-electron chi connectivity index (χ0n) is 22.4. The molecule has 0 saturated carbocycles. The molecular formula is C31H22Cl2N4O6. The first-order valence-corrected chi connectivity index (χ1v) is 13.4. The van der Waals surface area contributed by atoms with Crippen molar-refractivity contribution in [2.24, 2.45) is 0 Å². The Hall–Kier alpha value is -5.32. The summed E-state index contributed by atoms with van der Waals surface area (Å²) in [4.78, 5) is 39.4. The van der Waals surface area contributed by atoms with Gasteiger partial charge in [-0.2, -0.15) is 0 Å². The van der Waals surface area contributed by atoms with Gasteiger partial charge in [-0.1, -0.05) is 47.5 Å². The maximum atomic E-state index is 11.6. The summed E-state index contributed by atoms with van der Waals surface area (Å²) in [5, 5.41) is 22.5. The van der Waals surface area contributed by atoms with Crippen LogP contribution in [0.1, 0.15) is 20.7 Å². The van der Waals surface area contributed by atoms with Crippen molar-refractivity contribution in [3.8, 4) is 22.5 Å². The fraction of sp³-hybridized carbons (Fsp3) is 0.0323. The van der Waals surface area contributed by atoms with Crippen molar-refractivity contribution in [1.29, 1.82) is 0 Å². The minimum Gasteiger partial charge on any atom is -0.478 e. The number of nitrogens with two attached hydrogens (primary N) is 1. The average molecular weight is 617 g/mol. The van der Waals surface area contributed by atoms with E-state index in [2.05, 4.69) is 9.97 Å². The zero-order chi connectivity index (χ0) is 30.8. The van der Waals surface area contributed by atoms with Gasteiger partial charge in [0.2, 0.25) is 0 Å². The van der Waals surface area contributed by atoms with Crippen molar-refractivity contribution in [3.05, 3.63) is 116 Å². The highest BCUT2D eigenvalue weighted by molar-refractivity contribution is 6.32. The Labute approximate surface area is 253 Å². The van der Waals surface area contributed by atoms with Crippen molar-refractivity contribution < 1.29 is 24.4 Å². The number of hydrogen-bond acceptors (Lipinski definition) is 6. The number of aromatic carboxylic acids is 1. The smallest absolute Gasteiger partial charge is 0.337 e. The van der Waals surface area contributed by atoms with Gasteiger partial charge in [0.1, 0.15) is 5.52 Å². The highest BCUT2D eigenvalue weighted by Gasteiger charge is 2.17. The van der Waals surface area contributed by atoms with E-state index in [9.17, 15) is 19.7 Å². The number of nitro benzene ring substituents is 1. The number of ether oxygens (including phenoxy) is 1. The number of nitrogens with one attached hydrogen (secondary N) is 2. The molecule has 0 unspecified atom stereocenters. The predicted molar refractivity (Wildman–Crippen MR) is 167 cm³/mol. The number of esters is 1. The van der Waals surface area contributed by atoms with Crippen LogP contribution < -0.4 is 5.73 Å². The minimum absolute atomic E-state index is 0.122. The van der Waals surface area contributed by atoms with E-state index >= 15 is 0 Å². The molecule has 216 valence electrons. The second-order valence-electron chi connectivity index (χ2n) is 9.43. The van der Waals surface area contributed by atoms with E-state index in [1.165, 1.54) is 25.3 Å². The molecule has 0 aliphatic rings. The maximum absolute atomic E-state index is 11.6.